The highest BCUT2D eigenvalue weighted by Gasteiger charge is 2.25. The van der Waals surface area contributed by atoms with E-state index in [0.717, 1.165) is 23.3 Å². The lowest BCUT2D eigenvalue weighted by atomic mass is 10.1. The number of carbonyl (C=O) groups excluding carboxylic acids is 1. The third-order valence-electron chi connectivity index (χ3n) is 4.34. The van der Waals surface area contributed by atoms with Gasteiger partial charge in [-0.1, -0.05) is 6.07 Å². The molecule has 0 saturated carbocycles. The van der Waals surface area contributed by atoms with Crippen molar-refractivity contribution >= 4 is 44.3 Å². The average molecular weight is 421 g/mol. The summed E-state index contributed by atoms with van der Waals surface area (Å²) in [6.45, 7) is 1.11. The van der Waals surface area contributed by atoms with Gasteiger partial charge < -0.3 is 10.0 Å². The zero-order valence-corrected chi connectivity index (χ0v) is 16.5. The van der Waals surface area contributed by atoms with Crippen LogP contribution in [0.25, 0.3) is 0 Å². The Labute approximate surface area is 164 Å². The zero-order chi connectivity index (χ0) is 19.0. The van der Waals surface area contributed by atoms with E-state index in [1.807, 2.05) is 11.4 Å². The smallest absolute Gasteiger partial charge is 0.271 e. The number of fused-ring (bicyclic) bond motifs is 1. The van der Waals surface area contributed by atoms with Gasteiger partial charge in [-0.15, -0.1) is 22.7 Å². The quantitative estimate of drug-likeness (QED) is 0.676. The van der Waals surface area contributed by atoms with Crippen molar-refractivity contribution in [2.75, 3.05) is 11.3 Å². The summed E-state index contributed by atoms with van der Waals surface area (Å²) < 4.78 is 27.1. The van der Waals surface area contributed by atoms with Crippen LogP contribution in [0, 0.1) is 0 Å². The van der Waals surface area contributed by atoms with Gasteiger partial charge in [0.25, 0.3) is 15.9 Å². The number of rotatable bonds is 4. The molecule has 27 heavy (non-hydrogen) atoms. The fraction of sp³-hybridized carbons (Fsp3) is 0.167. The number of hydrogen-bond donors (Lipinski definition) is 2. The average Bonchev–Trinajstić information content (AvgIpc) is 3.32. The number of anilines is 1. The molecular formula is C18H16N2O4S3. The summed E-state index contributed by atoms with van der Waals surface area (Å²) >= 11 is 2.79. The van der Waals surface area contributed by atoms with E-state index in [1.165, 1.54) is 29.1 Å². The fourth-order valence-corrected chi connectivity index (χ4v) is 5.92. The first-order valence-electron chi connectivity index (χ1n) is 8.18. The standard InChI is InChI=1S/C18H16N2O4S3/c21-15-10-13(19-27(23,24)17-2-1-8-26-17)3-4-14(15)18(22)20-7-5-16-12(11-20)6-9-25-16/h1-4,6,8-10,19,21H,5,7,11H2. The lowest BCUT2D eigenvalue weighted by Gasteiger charge is -2.27. The predicted octanol–water partition coefficient (Wildman–Crippen LogP) is 3.51. The minimum absolute atomic E-state index is 0.160. The number of sulfonamides is 1. The van der Waals surface area contributed by atoms with E-state index >= 15 is 0 Å². The van der Waals surface area contributed by atoms with Crippen molar-refractivity contribution in [3.63, 3.8) is 0 Å². The molecule has 0 atom stereocenters. The summed E-state index contributed by atoms with van der Waals surface area (Å²) in [6, 6.07) is 9.36. The van der Waals surface area contributed by atoms with E-state index in [2.05, 4.69) is 4.72 Å². The molecule has 0 spiro atoms. The van der Waals surface area contributed by atoms with E-state index in [1.54, 1.807) is 27.7 Å². The van der Waals surface area contributed by atoms with E-state index in [9.17, 15) is 18.3 Å². The van der Waals surface area contributed by atoms with E-state index in [0.29, 0.717) is 13.1 Å². The van der Waals surface area contributed by atoms with Gasteiger partial charge in [-0.25, -0.2) is 8.42 Å². The normalized spacial score (nSPS) is 14.0. The molecule has 140 valence electrons. The number of amides is 1. The molecule has 0 bridgehead atoms. The van der Waals surface area contributed by atoms with Gasteiger partial charge in [-0.2, -0.15) is 0 Å². The second-order valence-corrected chi connectivity index (χ2v) is 9.97. The van der Waals surface area contributed by atoms with Crippen molar-refractivity contribution in [1.82, 2.24) is 4.90 Å². The minimum atomic E-state index is -3.70. The number of thiophene rings is 2. The number of nitrogens with one attached hydrogen (secondary N) is 1. The van der Waals surface area contributed by atoms with Gasteiger partial charge >= 0.3 is 0 Å². The van der Waals surface area contributed by atoms with Crippen molar-refractivity contribution in [3.05, 3.63) is 63.2 Å². The van der Waals surface area contributed by atoms with Gasteiger partial charge in [-0.05, 0) is 47.0 Å². The third-order valence-corrected chi connectivity index (χ3v) is 8.14. The maximum absolute atomic E-state index is 12.8. The summed E-state index contributed by atoms with van der Waals surface area (Å²) in [6.07, 6.45) is 0.804. The molecule has 2 aromatic heterocycles. The topological polar surface area (TPSA) is 86.7 Å². The number of benzene rings is 1. The number of phenols is 1. The van der Waals surface area contributed by atoms with Crippen LogP contribution < -0.4 is 4.72 Å². The van der Waals surface area contributed by atoms with Crippen molar-refractivity contribution in [2.45, 2.75) is 17.2 Å². The summed E-state index contributed by atoms with van der Waals surface area (Å²) in [5, 5.41) is 14.0. The Hall–Kier alpha value is -2.36. The van der Waals surface area contributed by atoms with Gasteiger partial charge in [0, 0.05) is 24.0 Å². The molecule has 1 aliphatic heterocycles. The second-order valence-electron chi connectivity index (χ2n) is 6.12. The molecule has 2 N–H and O–H groups in total. The Kier molecular flexibility index (Phi) is 4.67. The Morgan fingerprint density at radius 1 is 1.15 bits per heavy atom. The van der Waals surface area contributed by atoms with Crippen LogP contribution in [0.15, 0.2) is 51.4 Å². The molecule has 0 unspecified atom stereocenters. The maximum Gasteiger partial charge on any atom is 0.271 e. The van der Waals surface area contributed by atoms with Gasteiger partial charge in [0.1, 0.15) is 9.96 Å². The number of phenolic OH excluding ortho intramolecular Hbond substituents is 1. The van der Waals surface area contributed by atoms with E-state index in [-0.39, 0.29) is 27.1 Å². The van der Waals surface area contributed by atoms with Crippen LogP contribution in [0.3, 0.4) is 0 Å². The Balaban J connectivity index is 1.53. The summed E-state index contributed by atoms with van der Waals surface area (Å²) in [4.78, 5) is 15.8. The van der Waals surface area contributed by atoms with Gasteiger partial charge in [-0.3, -0.25) is 9.52 Å². The molecule has 0 radical (unpaired) electrons. The highest BCUT2D eigenvalue weighted by atomic mass is 32.2. The molecule has 1 aromatic carbocycles. The van der Waals surface area contributed by atoms with Crippen molar-refractivity contribution in [3.8, 4) is 5.75 Å². The molecule has 0 saturated heterocycles. The molecule has 3 aromatic rings. The summed E-state index contributed by atoms with van der Waals surface area (Å²) in [7, 11) is -3.70. The molecule has 3 heterocycles. The van der Waals surface area contributed by atoms with Crippen LogP contribution in [-0.2, 0) is 23.0 Å². The summed E-state index contributed by atoms with van der Waals surface area (Å²) in [5.41, 5.74) is 1.50. The molecule has 4 rings (SSSR count). The molecular weight excluding hydrogens is 404 g/mol. The minimum Gasteiger partial charge on any atom is -0.507 e. The first-order chi connectivity index (χ1) is 12.9. The van der Waals surface area contributed by atoms with Crippen LogP contribution in [0.1, 0.15) is 20.8 Å². The van der Waals surface area contributed by atoms with E-state index in [4.69, 9.17) is 0 Å². The van der Waals surface area contributed by atoms with Gasteiger partial charge in [0.2, 0.25) is 0 Å². The zero-order valence-electron chi connectivity index (χ0n) is 14.1. The second kappa shape index (κ2) is 6.99. The van der Waals surface area contributed by atoms with Gasteiger partial charge in [0.15, 0.2) is 0 Å². The van der Waals surface area contributed by atoms with Crippen LogP contribution >= 0.6 is 22.7 Å². The lowest BCUT2D eigenvalue weighted by Crippen LogP contribution is -2.35. The molecule has 6 nitrogen and oxygen atoms in total. The number of hydrogen-bond acceptors (Lipinski definition) is 6. The van der Waals surface area contributed by atoms with Crippen LogP contribution in [-0.4, -0.2) is 30.9 Å². The Morgan fingerprint density at radius 2 is 2.00 bits per heavy atom. The molecule has 1 aliphatic rings. The Morgan fingerprint density at radius 3 is 2.74 bits per heavy atom. The summed E-state index contributed by atoms with van der Waals surface area (Å²) in [5.74, 6) is -0.514. The number of aromatic hydroxyl groups is 1. The van der Waals surface area contributed by atoms with Crippen molar-refractivity contribution in [2.24, 2.45) is 0 Å². The molecule has 1 amide bonds. The fourth-order valence-electron chi connectivity index (χ4n) is 2.99. The number of nitrogens with zero attached hydrogens (tertiary/aromatic N) is 1. The molecule has 9 heteroatoms. The molecule has 0 aliphatic carbocycles. The predicted molar refractivity (Wildman–Crippen MR) is 106 cm³/mol. The largest absolute Gasteiger partial charge is 0.507 e. The first kappa shape index (κ1) is 18.0. The highest BCUT2D eigenvalue weighted by molar-refractivity contribution is 7.94. The highest BCUT2D eigenvalue weighted by Crippen LogP contribution is 2.29. The van der Waals surface area contributed by atoms with Crippen LogP contribution in [0.2, 0.25) is 0 Å². The van der Waals surface area contributed by atoms with Crippen molar-refractivity contribution in [1.29, 1.82) is 0 Å². The van der Waals surface area contributed by atoms with Crippen LogP contribution in [0.5, 0.6) is 5.75 Å². The van der Waals surface area contributed by atoms with Crippen LogP contribution in [0.4, 0.5) is 5.69 Å². The SMILES string of the molecule is O=C(c1ccc(NS(=O)(=O)c2cccs2)cc1O)N1CCc2sccc2C1. The molecule has 0 fully saturated rings. The third kappa shape index (κ3) is 3.58. The van der Waals surface area contributed by atoms with Crippen molar-refractivity contribution < 1.29 is 18.3 Å². The van der Waals surface area contributed by atoms with Gasteiger partial charge in [0.05, 0.1) is 11.3 Å². The monoisotopic (exact) mass is 420 g/mol. The maximum atomic E-state index is 12.8. The number of carbonyl (C=O) groups is 1. The van der Waals surface area contributed by atoms with E-state index < -0.39 is 10.0 Å². The lowest BCUT2D eigenvalue weighted by molar-refractivity contribution is 0.0733. The first-order valence-corrected chi connectivity index (χ1v) is 11.4. The Bertz CT molecular complexity index is 1090.